The molecule has 1 aromatic rings. The van der Waals surface area contributed by atoms with E-state index in [2.05, 4.69) is 24.1 Å². The zero-order valence-electron chi connectivity index (χ0n) is 22.0. The van der Waals surface area contributed by atoms with E-state index < -0.39 is 22.2 Å². The number of nitrogens with zero attached hydrogens (tertiary/aromatic N) is 3. The van der Waals surface area contributed by atoms with Gasteiger partial charge in [-0.15, -0.1) is 0 Å². The number of likely N-dealkylation sites (tertiary alicyclic amines) is 1. The number of carbonyl (C=O) groups excluding carboxylic acids is 1. The van der Waals surface area contributed by atoms with E-state index in [9.17, 15) is 26.4 Å². The van der Waals surface area contributed by atoms with Crippen LogP contribution in [-0.2, 0) is 19.6 Å². The number of halogens is 3. The first-order chi connectivity index (χ1) is 17.8. The van der Waals surface area contributed by atoms with Crippen LogP contribution in [0.1, 0.15) is 51.0 Å². The molecule has 2 N–H and O–H groups in total. The van der Waals surface area contributed by atoms with Gasteiger partial charge in [0, 0.05) is 45.7 Å². The topological polar surface area (TPSA) is 110 Å². The molecule has 38 heavy (non-hydrogen) atoms. The van der Waals surface area contributed by atoms with Crippen LogP contribution in [0.2, 0.25) is 0 Å². The van der Waals surface area contributed by atoms with E-state index in [0.717, 1.165) is 44.7 Å². The number of carboxylic acid groups (broad SMARTS) is 1. The van der Waals surface area contributed by atoms with Crippen molar-refractivity contribution in [1.29, 1.82) is 0 Å². The van der Waals surface area contributed by atoms with E-state index in [1.165, 1.54) is 17.1 Å². The minimum Gasteiger partial charge on any atom is -0.475 e. The van der Waals surface area contributed by atoms with E-state index >= 15 is 0 Å². The molecule has 2 aliphatic rings. The zero-order valence-corrected chi connectivity index (χ0v) is 22.9. The molecule has 2 heterocycles. The van der Waals surface area contributed by atoms with Crippen LogP contribution >= 0.6 is 0 Å². The Balaban J connectivity index is 0.000000638. The van der Waals surface area contributed by atoms with Crippen LogP contribution in [-0.4, -0.2) is 105 Å². The predicted molar refractivity (Wildman–Crippen MR) is 137 cm³/mol. The molecule has 2 saturated heterocycles. The van der Waals surface area contributed by atoms with Crippen molar-refractivity contribution in [2.24, 2.45) is 0 Å². The average Bonchev–Trinajstić information content (AvgIpc) is 3.39. The van der Waals surface area contributed by atoms with Gasteiger partial charge >= 0.3 is 12.1 Å². The summed E-state index contributed by atoms with van der Waals surface area (Å²) in [6.07, 6.45) is -1.62. The number of benzene rings is 1. The molecule has 0 spiro atoms. The number of alkyl halides is 3. The molecule has 1 amide bonds. The highest BCUT2D eigenvalue weighted by molar-refractivity contribution is 7.89. The standard InChI is InChI=1S/C23H38N4O3S.C2HF3O2/c1-20(2)21-6-8-22(9-7-21)31(29,30)27(16-5-15-25-13-3-4-14-25)17-10-23(28)26-18-11-24-12-19-26;3-2(4,5)1(6)7/h6-9,20,24H,3-5,10-19H2,1-2H3;(H,6,7). The summed E-state index contributed by atoms with van der Waals surface area (Å²) in [6, 6.07) is 7.20. The molecule has 0 aliphatic carbocycles. The third-order valence-corrected chi connectivity index (χ3v) is 8.47. The SMILES string of the molecule is CC(C)c1ccc(S(=O)(=O)N(CCCN2CCCC2)CCC(=O)N2CCNCC2)cc1.O=C(O)C(F)(F)F. The fourth-order valence-electron chi connectivity index (χ4n) is 4.30. The Bertz CT molecular complexity index is 991. The fourth-order valence-corrected chi connectivity index (χ4v) is 5.77. The lowest BCUT2D eigenvalue weighted by Gasteiger charge is -2.29. The quantitative estimate of drug-likeness (QED) is 0.450. The lowest BCUT2D eigenvalue weighted by molar-refractivity contribution is -0.192. The molecule has 0 radical (unpaired) electrons. The highest BCUT2D eigenvalue weighted by atomic mass is 32.2. The van der Waals surface area contributed by atoms with Gasteiger partial charge in [0.25, 0.3) is 0 Å². The lowest BCUT2D eigenvalue weighted by Crippen LogP contribution is -2.47. The van der Waals surface area contributed by atoms with Crippen molar-refractivity contribution in [3.05, 3.63) is 29.8 Å². The molecule has 0 bridgehead atoms. The van der Waals surface area contributed by atoms with Crippen LogP contribution < -0.4 is 5.32 Å². The van der Waals surface area contributed by atoms with E-state index in [0.29, 0.717) is 30.4 Å². The molecule has 1 aromatic carbocycles. The summed E-state index contributed by atoms with van der Waals surface area (Å²) in [7, 11) is -3.63. The third kappa shape index (κ3) is 10.2. The molecular weight excluding hydrogens is 525 g/mol. The summed E-state index contributed by atoms with van der Waals surface area (Å²) in [5.74, 6) is -2.37. The number of aliphatic carboxylic acids is 1. The van der Waals surface area contributed by atoms with Gasteiger partial charge in [-0.25, -0.2) is 13.2 Å². The van der Waals surface area contributed by atoms with Crippen molar-refractivity contribution >= 4 is 21.9 Å². The summed E-state index contributed by atoms with van der Waals surface area (Å²) < 4.78 is 60.1. The monoisotopic (exact) mass is 564 g/mol. The molecule has 0 unspecified atom stereocenters. The Kier molecular flexibility index (Phi) is 12.5. The van der Waals surface area contributed by atoms with Crippen LogP contribution in [0.3, 0.4) is 0 Å². The second kappa shape index (κ2) is 14.8. The summed E-state index contributed by atoms with van der Waals surface area (Å²) >= 11 is 0. The number of piperazine rings is 1. The van der Waals surface area contributed by atoms with Crippen molar-refractivity contribution in [3.8, 4) is 0 Å². The fraction of sp³-hybridized carbons (Fsp3) is 0.680. The average molecular weight is 565 g/mol. The smallest absolute Gasteiger partial charge is 0.475 e. The van der Waals surface area contributed by atoms with Crippen molar-refractivity contribution in [3.63, 3.8) is 0 Å². The van der Waals surface area contributed by atoms with Gasteiger partial charge in [-0.05, 0) is 62.5 Å². The number of hydrogen-bond donors (Lipinski definition) is 2. The minimum absolute atomic E-state index is 0.0383. The highest BCUT2D eigenvalue weighted by Gasteiger charge is 2.38. The summed E-state index contributed by atoms with van der Waals surface area (Å²) in [5.41, 5.74) is 1.12. The molecular formula is C25H39F3N4O5S. The van der Waals surface area contributed by atoms with Crippen molar-refractivity contribution in [2.45, 2.75) is 56.5 Å². The lowest BCUT2D eigenvalue weighted by atomic mass is 10.0. The summed E-state index contributed by atoms with van der Waals surface area (Å²) in [6.45, 7) is 11.0. The molecule has 9 nitrogen and oxygen atoms in total. The maximum absolute atomic E-state index is 13.4. The first kappa shape index (κ1) is 32.0. The second-order valence-corrected chi connectivity index (χ2v) is 11.7. The normalized spacial score (nSPS) is 17.0. The van der Waals surface area contributed by atoms with Gasteiger partial charge in [0.15, 0.2) is 0 Å². The molecule has 0 atom stereocenters. The Morgan fingerprint density at radius 1 is 1.03 bits per heavy atom. The molecule has 216 valence electrons. The number of hydrogen-bond acceptors (Lipinski definition) is 6. The van der Waals surface area contributed by atoms with Crippen molar-refractivity contribution in [1.82, 2.24) is 19.4 Å². The highest BCUT2D eigenvalue weighted by Crippen LogP contribution is 2.21. The Morgan fingerprint density at radius 2 is 1.58 bits per heavy atom. The van der Waals surface area contributed by atoms with Crippen LogP contribution in [0.15, 0.2) is 29.2 Å². The van der Waals surface area contributed by atoms with E-state index in [4.69, 9.17) is 9.90 Å². The van der Waals surface area contributed by atoms with Crippen molar-refractivity contribution < 1.29 is 36.3 Å². The Hall–Kier alpha value is -2.22. The minimum atomic E-state index is -5.08. The van der Waals surface area contributed by atoms with E-state index in [-0.39, 0.29) is 18.9 Å². The van der Waals surface area contributed by atoms with Gasteiger partial charge in [-0.2, -0.15) is 17.5 Å². The number of nitrogens with one attached hydrogen (secondary N) is 1. The molecule has 2 fully saturated rings. The second-order valence-electron chi connectivity index (χ2n) is 9.71. The van der Waals surface area contributed by atoms with Crippen LogP contribution in [0.5, 0.6) is 0 Å². The number of carbonyl (C=O) groups is 2. The predicted octanol–water partition coefficient (Wildman–Crippen LogP) is 2.74. The number of rotatable bonds is 10. The maximum Gasteiger partial charge on any atom is 0.490 e. The molecule has 3 rings (SSSR count). The van der Waals surface area contributed by atoms with Gasteiger partial charge in [0.05, 0.1) is 4.90 Å². The summed E-state index contributed by atoms with van der Waals surface area (Å²) in [4.78, 5) is 26.1. The molecule has 0 saturated carbocycles. The Labute approximate surface area is 223 Å². The maximum atomic E-state index is 13.4. The number of carboxylic acids is 1. The van der Waals surface area contributed by atoms with Gasteiger partial charge in [0.1, 0.15) is 0 Å². The van der Waals surface area contributed by atoms with Gasteiger partial charge < -0.3 is 20.2 Å². The van der Waals surface area contributed by atoms with E-state index in [1.54, 1.807) is 12.1 Å². The molecule has 0 aromatic heterocycles. The third-order valence-electron chi connectivity index (χ3n) is 6.55. The van der Waals surface area contributed by atoms with Crippen molar-refractivity contribution in [2.75, 3.05) is 58.9 Å². The molecule has 13 heteroatoms. The number of sulfonamides is 1. The number of amides is 1. The first-order valence-corrected chi connectivity index (χ1v) is 14.4. The van der Waals surface area contributed by atoms with Crippen LogP contribution in [0, 0.1) is 0 Å². The molecule has 2 aliphatic heterocycles. The zero-order chi connectivity index (χ0) is 28.3. The first-order valence-electron chi connectivity index (χ1n) is 12.9. The van der Waals surface area contributed by atoms with Crippen LogP contribution in [0.4, 0.5) is 13.2 Å². The largest absolute Gasteiger partial charge is 0.490 e. The van der Waals surface area contributed by atoms with E-state index in [1.807, 2.05) is 17.0 Å². The Morgan fingerprint density at radius 3 is 2.08 bits per heavy atom. The van der Waals surface area contributed by atoms with Gasteiger partial charge in [-0.1, -0.05) is 26.0 Å². The van der Waals surface area contributed by atoms with Gasteiger partial charge in [-0.3, -0.25) is 4.79 Å². The van der Waals surface area contributed by atoms with Crippen LogP contribution in [0.25, 0.3) is 0 Å². The summed E-state index contributed by atoms with van der Waals surface area (Å²) in [5, 5.41) is 10.4. The van der Waals surface area contributed by atoms with Gasteiger partial charge in [0.2, 0.25) is 15.9 Å².